The summed E-state index contributed by atoms with van der Waals surface area (Å²) in [7, 11) is 2.15. The first-order valence-corrected chi connectivity index (χ1v) is 8.12. The molecule has 0 saturated carbocycles. The number of rotatable bonds is 5. The number of hydrogen-bond donors (Lipinski definition) is 1. The van der Waals surface area contributed by atoms with Gasteiger partial charge in [-0.15, -0.1) is 11.3 Å². The van der Waals surface area contributed by atoms with Crippen molar-refractivity contribution in [1.82, 2.24) is 14.7 Å². The van der Waals surface area contributed by atoms with Gasteiger partial charge in [-0.1, -0.05) is 27.7 Å². The van der Waals surface area contributed by atoms with Crippen molar-refractivity contribution in [2.75, 3.05) is 18.5 Å². The summed E-state index contributed by atoms with van der Waals surface area (Å²) in [5.41, 5.74) is 1.48. The Morgan fingerprint density at radius 1 is 1.45 bits per heavy atom. The van der Waals surface area contributed by atoms with Gasteiger partial charge in [-0.2, -0.15) is 0 Å². The van der Waals surface area contributed by atoms with Crippen molar-refractivity contribution in [3.8, 4) is 0 Å². The lowest BCUT2D eigenvalue weighted by molar-refractivity contribution is 0.328. The third-order valence-electron chi connectivity index (χ3n) is 4.05. The van der Waals surface area contributed by atoms with E-state index in [1.165, 1.54) is 5.69 Å². The number of hydrogen-bond acceptors (Lipinski definition) is 4. The summed E-state index contributed by atoms with van der Waals surface area (Å²) in [6.45, 7) is 13.0. The summed E-state index contributed by atoms with van der Waals surface area (Å²) < 4.78 is 2.20. The van der Waals surface area contributed by atoms with Crippen molar-refractivity contribution in [3.05, 3.63) is 17.3 Å². The predicted molar refractivity (Wildman–Crippen MR) is 87.8 cm³/mol. The Labute approximate surface area is 125 Å². The Balaban J connectivity index is 2.39. The van der Waals surface area contributed by atoms with Crippen molar-refractivity contribution in [1.29, 1.82) is 0 Å². The SMILES string of the molecule is CCNCc1c(N(C)C(C)C(C)(C)C)nc2sccn12. The largest absolute Gasteiger partial charge is 0.355 e. The lowest BCUT2D eigenvalue weighted by Gasteiger charge is -2.36. The summed E-state index contributed by atoms with van der Waals surface area (Å²) in [4.78, 5) is 8.21. The molecule has 0 aliphatic carbocycles. The van der Waals surface area contributed by atoms with Gasteiger partial charge in [0.15, 0.2) is 10.8 Å². The molecule has 1 N–H and O–H groups in total. The molecule has 0 aromatic carbocycles. The van der Waals surface area contributed by atoms with E-state index in [-0.39, 0.29) is 5.41 Å². The van der Waals surface area contributed by atoms with E-state index in [9.17, 15) is 0 Å². The van der Waals surface area contributed by atoms with Crippen LogP contribution in [-0.4, -0.2) is 29.0 Å². The summed E-state index contributed by atoms with van der Waals surface area (Å²) in [5.74, 6) is 1.10. The Kier molecular flexibility index (Phi) is 4.39. The lowest BCUT2D eigenvalue weighted by atomic mass is 9.87. The van der Waals surface area contributed by atoms with E-state index in [0.29, 0.717) is 6.04 Å². The molecule has 0 fully saturated rings. The van der Waals surface area contributed by atoms with E-state index in [2.05, 4.69) is 67.9 Å². The summed E-state index contributed by atoms with van der Waals surface area (Å²) in [6, 6.07) is 0.424. The fourth-order valence-electron chi connectivity index (χ4n) is 2.28. The molecule has 112 valence electrons. The topological polar surface area (TPSA) is 32.6 Å². The fraction of sp³-hybridized carbons (Fsp3) is 0.667. The zero-order chi connectivity index (χ0) is 14.9. The molecule has 0 radical (unpaired) electrons. The van der Waals surface area contributed by atoms with Crippen LogP contribution < -0.4 is 10.2 Å². The van der Waals surface area contributed by atoms with Gasteiger partial charge in [0.05, 0.1) is 5.69 Å². The molecule has 0 saturated heterocycles. The van der Waals surface area contributed by atoms with Gasteiger partial charge in [0.25, 0.3) is 0 Å². The highest BCUT2D eigenvalue weighted by atomic mass is 32.1. The Morgan fingerprint density at radius 3 is 2.75 bits per heavy atom. The standard InChI is InChI=1S/C15H26N4S/c1-7-16-10-12-13(17-14-19(12)8-9-20-14)18(6)11(2)15(3,4)5/h8-9,11,16H,7,10H2,1-6H3. The van der Waals surface area contributed by atoms with Gasteiger partial charge >= 0.3 is 0 Å². The second-order valence-electron chi connectivity index (χ2n) is 6.37. The van der Waals surface area contributed by atoms with Crippen molar-refractivity contribution < 1.29 is 0 Å². The first-order valence-electron chi connectivity index (χ1n) is 7.24. The number of anilines is 1. The molecule has 5 heteroatoms. The molecule has 2 heterocycles. The van der Waals surface area contributed by atoms with Crippen LogP contribution in [0.15, 0.2) is 11.6 Å². The van der Waals surface area contributed by atoms with Crippen molar-refractivity contribution in [2.24, 2.45) is 5.41 Å². The van der Waals surface area contributed by atoms with E-state index in [1.54, 1.807) is 11.3 Å². The molecule has 0 aliphatic rings. The zero-order valence-electron chi connectivity index (χ0n) is 13.4. The maximum atomic E-state index is 4.83. The van der Waals surface area contributed by atoms with Crippen molar-refractivity contribution >= 4 is 22.1 Å². The molecule has 2 aromatic heterocycles. The highest BCUT2D eigenvalue weighted by Gasteiger charge is 2.27. The molecule has 2 rings (SSSR count). The van der Waals surface area contributed by atoms with Gasteiger partial charge in [-0.05, 0) is 18.9 Å². The molecule has 0 aliphatic heterocycles. The van der Waals surface area contributed by atoms with Crippen LogP contribution in [0.3, 0.4) is 0 Å². The normalized spacial score (nSPS) is 13.9. The first-order chi connectivity index (χ1) is 9.36. The first kappa shape index (κ1) is 15.3. The molecule has 0 spiro atoms. The average Bonchev–Trinajstić information content (AvgIpc) is 2.94. The minimum Gasteiger partial charge on any atom is -0.355 e. The number of thiazole rings is 1. The Bertz CT molecular complexity index is 564. The highest BCUT2D eigenvalue weighted by Crippen LogP contribution is 2.30. The van der Waals surface area contributed by atoms with Crippen molar-refractivity contribution in [3.63, 3.8) is 0 Å². The monoisotopic (exact) mass is 294 g/mol. The molecule has 1 unspecified atom stereocenters. The number of nitrogens with one attached hydrogen (secondary N) is 1. The molecule has 2 aromatic rings. The van der Waals surface area contributed by atoms with E-state index in [4.69, 9.17) is 4.98 Å². The Morgan fingerprint density at radius 2 is 2.15 bits per heavy atom. The van der Waals surface area contributed by atoms with Crippen LogP contribution in [-0.2, 0) is 6.54 Å². The van der Waals surface area contributed by atoms with E-state index >= 15 is 0 Å². The van der Waals surface area contributed by atoms with Crippen LogP contribution >= 0.6 is 11.3 Å². The molecule has 0 bridgehead atoms. The summed E-state index contributed by atoms with van der Waals surface area (Å²) in [5, 5.41) is 5.51. The van der Waals surface area contributed by atoms with E-state index in [1.807, 2.05) is 0 Å². The average molecular weight is 294 g/mol. The van der Waals surface area contributed by atoms with E-state index < -0.39 is 0 Å². The predicted octanol–water partition coefficient (Wildman–Crippen LogP) is 3.38. The second kappa shape index (κ2) is 5.74. The van der Waals surface area contributed by atoms with Gasteiger partial charge in [0, 0.05) is 31.2 Å². The third-order valence-corrected chi connectivity index (χ3v) is 4.81. The van der Waals surface area contributed by atoms with E-state index in [0.717, 1.165) is 23.9 Å². The minimum absolute atomic E-state index is 0.223. The summed E-state index contributed by atoms with van der Waals surface area (Å²) >= 11 is 1.69. The van der Waals surface area contributed by atoms with Crippen LogP contribution in [0.1, 0.15) is 40.3 Å². The molecule has 4 nitrogen and oxygen atoms in total. The number of imidazole rings is 1. The number of fused-ring (bicyclic) bond motifs is 1. The third kappa shape index (κ3) is 2.83. The number of aromatic nitrogens is 2. The van der Waals surface area contributed by atoms with Crippen LogP contribution in [0.5, 0.6) is 0 Å². The smallest absolute Gasteiger partial charge is 0.195 e. The molecule has 0 amide bonds. The van der Waals surface area contributed by atoms with Gasteiger partial charge in [-0.3, -0.25) is 4.40 Å². The van der Waals surface area contributed by atoms with Gasteiger partial charge in [0.2, 0.25) is 0 Å². The molecule has 1 atom stereocenters. The zero-order valence-corrected chi connectivity index (χ0v) is 14.2. The van der Waals surface area contributed by atoms with Crippen LogP contribution in [0.25, 0.3) is 4.96 Å². The Hall–Kier alpha value is -1.07. The van der Waals surface area contributed by atoms with Gasteiger partial charge < -0.3 is 10.2 Å². The molecule has 20 heavy (non-hydrogen) atoms. The van der Waals surface area contributed by atoms with Gasteiger partial charge in [-0.25, -0.2) is 4.98 Å². The quantitative estimate of drug-likeness (QED) is 0.917. The maximum absolute atomic E-state index is 4.83. The van der Waals surface area contributed by atoms with Gasteiger partial charge in [0.1, 0.15) is 0 Å². The maximum Gasteiger partial charge on any atom is 0.195 e. The lowest BCUT2D eigenvalue weighted by Crippen LogP contribution is -2.40. The van der Waals surface area contributed by atoms with Crippen LogP contribution in [0.2, 0.25) is 0 Å². The van der Waals surface area contributed by atoms with Crippen molar-refractivity contribution in [2.45, 2.75) is 47.2 Å². The van der Waals surface area contributed by atoms with Crippen LogP contribution in [0, 0.1) is 5.41 Å². The molecular formula is C15H26N4S. The highest BCUT2D eigenvalue weighted by molar-refractivity contribution is 7.15. The summed E-state index contributed by atoms with van der Waals surface area (Å²) in [6.07, 6.45) is 2.11. The van der Waals surface area contributed by atoms with Crippen LogP contribution in [0.4, 0.5) is 5.82 Å². The molecular weight excluding hydrogens is 268 g/mol. The second-order valence-corrected chi connectivity index (χ2v) is 7.24. The number of nitrogens with zero attached hydrogens (tertiary/aromatic N) is 3. The minimum atomic E-state index is 0.223. The fourth-order valence-corrected chi connectivity index (χ4v) is 3.00.